The number of rotatable bonds is 4. The summed E-state index contributed by atoms with van der Waals surface area (Å²) in [5, 5.41) is 0. The molecule has 0 N–H and O–H groups in total. The van der Waals surface area contributed by atoms with Gasteiger partial charge in [0.05, 0.1) is 12.9 Å². The minimum absolute atomic E-state index is 0.227. The molecule has 118 valence electrons. The fourth-order valence-corrected chi connectivity index (χ4v) is 3.01. The van der Waals surface area contributed by atoms with E-state index in [1.807, 2.05) is 30.3 Å². The zero-order valence-corrected chi connectivity index (χ0v) is 12.9. The predicted molar refractivity (Wildman–Crippen MR) is 85.6 cm³/mol. The lowest BCUT2D eigenvalue weighted by Gasteiger charge is -2.27. The molecule has 2 aromatic rings. The molecule has 0 saturated carbocycles. The molecule has 0 amide bonds. The number of allylic oxidation sites excluding steroid dienone is 2. The Morgan fingerprint density at radius 2 is 2.00 bits per heavy atom. The van der Waals surface area contributed by atoms with E-state index in [4.69, 9.17) is 9.15 Å². The van der Waals surface area contributed by atoms with Crippen LogP contribution < -0.4 is 0 Å². The third-order valence-electron chi connectivity index (χ3n) is 4.06. The van der Waals surface area contributed by atoms with Gasteiger partial charge in [0.15, 0.2) is 5.78 Å². The van der Waals surface area contributed by atoms with E-state index in [1.54, 1.807) is 31.4 Å². The molecule has 1 aromatic heterocycles. The van der Waals surface area contributed by atoms with Crippen molar-refractivity contribution in [1.29, 1.82) is 0 Å². The second-order valence-corrected chi connectivity index (χ2v) is 5.49. The Labute approximate surface area is 134 Å². The minimum Gasteiger partial charge on any atom is -0.469 e. The predicted octanol–water partition coefficient (Wildman–Crippen LogP) is 3.60. The van der Waals surface area contributed by atoms with E-state index in [0.717, 1.165) is 11.1 Å². The molecule has 0 saturated heterocycles. The summed E-state index contributed by atoms with van der Waals surface area (Å²) in [5.41, 5.74) is 1.90. The first kappa shape index (κ1) is 15.3. The highest BCUT2D eigenvalue weighted by molar-refractivity contribution is 6.10. The van der Waals surface area contributed by atoms with Crippen LogP contribution in [0.25, 0.3) is 5.57 Å². The van der Waals surface area contributed by atoms with Crippen molar-refractivity contribution in [3.05, 3.63) is 66.1 Å². The summed E-state index contributed by atoms with van der Waals surface area (Å²) in [7, 11) is 0. The Bertz CT molecular complexity index is 713. The summed E-state index contributed by atoms with van der Waals surface area (Å²) in [6, 6.07) is 13.3. The summed E-state index contributed by atoms with van der Waals surface area (Å²) in [4.78, 5) is 24.8. The summed E-state index contributed by atoms with van der Waals surface area (Å²) in [5.74, 6) is -1.25. The number of carbonyl (C=O) groups excluding carboxylic acids is 2. The molecular weight excluding hydrogens is 292 g/mol. The van der Waals surface area contributed by atoms with Crippen molar-refractivity contribution in [2.75, 3.05) is 6.61 Å². The summed E-state index contributed by atoms with van der Waals surface area (Å²) in [6.07, 6.45) is 3.69. The van der Waals surface area contributed by atoms with Crippen LogP contribution in [0.15, 0.2) is 59.2 Å². The van der Waals surface area contributed by atoms with Crippen LogP contribution in [-0.4, -0.2) is 18.4 Å². The Hall–Kier alpha value is -2.62. The maximum Gasteiger partial charge on any atom is 0.317 e. The lowest BCUT2D eigenvalue weighted by molar-refractivity contribution is -0.151. The average Bonchev–Trinajstić information content (AvgIpc) is 3.09. The Kier molecular flexibility index (Phi) is 4.42. The van der Waals surface area contributed by atoms with E-state index in [-0.39, 0.29) is 18.3 Å². The molecule has 4 heteroatoms. The van der Waals surface area contributed by atoms with Crippen molar-refractivity contribution >= 4 is 17.3 Å². The van der Waals surface area contributed by atoms with Gasteiger partial charge in [-0.1, -0.05) is 30.3 Å². The van der Waals surface area contributed by atoms with Crippen LogP contribution in [0, 0.1) is 5.92 Å². The van der Waals surface area contributed by atoms with Gasteiger partial charge < -0.3 is 9.15 Å². The molecular formula is C19H18O4. The molecule has 4 nitrogen and oxygen atoms in total. The van der Waals surface area contributed by atoms with Crippen molar-refractivity contribution in [1.82, 2.24) is 0 Å². The molecule has 0 radical (unpaired) electrons. The molecule has 0 bridgehead atoms. The van der Waals surface area contributed by atoms with E-state index in [1.165, 1.54) is 0 Å². The van der Waals surface area contributed by atoms with E-state index in [0.29, 0.717) is 12.2 Å². The van der Waals surface area contributed by atoms with Crippen LogP contribution in [0.3, 0.4) is 0 Å². The van der Waals surface area contributed by atoms with Gasteiger partial charge in [0.2, 0.25) is 0 Å². The molecule has 2 unspecified atom stereocenters. The van der Waals surface area contributed by atoms with Crippen LogP contribution in [0.2, 0.25) is 0 Å². The third kappa shape index (κ3) is 3.11. The molecule has 1 aliphatic carbocycles. The molecule has 0 fully saturated rings. The fraction of sp³-hybridized carbons (Fsp3) is 0.263. The van der Waals surface area contributed by atoms with Gasteiger partial charge in [0.25, 0.3) is 0 Å². The quantitative estimate of drug-likeness (QED) is 0.639. The maximum atomic E-state index is 12.6. The van der Waals surface area contributed by atoms with E-state index < -0.39 is 11.9 Å². The van der Waals surface area contributed by atoms with Crippen molar-refractivity contribution in [3.8, 4) is 0 Å². The number of furan rings is 1. The van der Waals surface area contributed by atoms with Crippen LogP contribution >= 0.6 is 0 Å². The first-order valence-electron chi connectivity index (χ1n) is 7.70. The van der Waals surface area contributed by atoms with Gasteiger partial charge in [0.1, 0.15) is 11.7 Å². The molecule has 1 aromatic carbocycles. The number of esters is 1. The van der Waals surface area contributed by atoms with Crippen molar-refractivity contribution < 1.29 is 18.7 Å². The lowest BCUT2D eigenvalue weighted by Crippen LogP contribution is -2.33. The van der Waals surface area contributed by atoms with Crippen molar-refractivity contribution in [3.63, 3.8) is 0 Å². The standard InChI is InChI=1S/C19H18O4/c1-2-22-19(21)18-15(17-9-6-10-23-17)11-14(12-16(18)20)13-7-4-3-5-8-13/h3-10,12,15,18H,2,11H2,1H3. The number of ketones is 1. The number of benzene rings is 1. The highest BCUT2D eigenvalue weighted by atomic mass is 16.5. The molecule has 1 aliphatic rings. The summed E-state index contributed by atoms with van der Waals surface area (Å²) in [6.45, 7) is 1.99. The van der Waals surface area contributed by atoms with Crippen molar-refractivity contribution in [2.45, 2.75) is 19.3 Å². The first-order valence-corrected chi connectivity index (χ1v) is 7.70. The normalized spacial score (nSPS) is 20.9. The van der Waals surface area contributed by atoms with Crippen molar-refractivity contribution in [2.24, 2.45) is 5.92 Å². The van der Waals surface area contributed by atoms with Crippen LogP contribution in [0.5, 0.6) is 0 Å². The lowest BCUT2D eigenvalue weighted by atomic mass is 9.76. The van der Waals surface area contributed by atoms with E-state index >= 15 is 0 Å². The molecule has 3 rings (SSSR count). The largest absolute Gasteiger partial charge is 0.469 e. The molecule has 2 atom stereocenters. The first-order chi connectivity index (χ1) is 11.2. The van der Waals surface area contributed by atoms with E-state index in [2.05, 4.69) is 0 Å². The Morgan fingerprint density at radius 1 is 1.22 bits per heavy atom. The van der Waals surface area contributed by atoms with Gasteiger partial charge in [-0.3, -0.25) is 9.59 Å². The van der Waals surface area contributed by atoms with Gasteiger partial charge >= 0.3 is 5.97 Å². The number of hydrogen-bond donors (Lipinski definition) is 0. The second-order valence-electron chi connectivity index (χ2n) is 5.49. The molecule has 0 aliphatic heterocycles. The number of ether oxygens (including phenoxy) is 1. The highest BCUT2D eigenvalue weighted by Gasteiger charge is 2.41. The summed E-state index contributed by atoms with van der Waals surface area (Å²) >= 11 is 0. The molecule has 0 spiro atoms. The second kappa shape index (κ2) is 6.65. The van der Waals surface area contributed by atoms with Gasteiger partial charge in [-0.05, 0) is 42.7 Å². The van der Waals surface area contributed by atoms with Gasteiger partial charge in [-0.15, -0.1) is 0 Å². The summed E-state index contributed by atoms with van der Waals surface area (Å²) < 4.78 is 10.6. The smallest absolute Gasteiger partial charge is 0.317 e. The van der Waals surface area contributed by atoms with Crippen LogP contribution in [0.4, 0.5) is 0 Å². The van der Waals surface area contributed by atoms with Crippen LogP contribution in [0.1, 0.15) is 30.6 Å². The SMILES string of the molecule is CCOC(=O)C1C(=O)C=C(c2ccccc2)CC1c1ccco1. The van der Waals surface area contributed by atoms with Gasteiger partial charge in [0, 0.05) is 5.92 Å². The van der Waals surface area contributed by atoms with E-state index in [9.17, 15) is 9.59 Å². The zero-order chi connectivity index (χ0) is 16.2. The van der Waals surface area contributed by atoms with Gasteiger partial charge in [-0.25, -0.2) is 0 Å². The molecule has 1 heterocycles. The fourth-order valence-electron chi connectivity index (χ4n) is 3.01. The third-order valence-corrected chi connectivity index (χ3v) is 4.06. The maximum absolute atomic E-state index is 12.6. The minimum atomic E-state index is -0.839. The average molecular weight is 310 g/mol. The highest BCUT2D eigenvalue weighted by Crippen LogP contribution is 2.40. The van der Waals surface area contributed by atoms with Gasteiger partial charge in [-0.2, -0.15) is 0 Å². The number of hydrogen-bond acceptors (Lipinski definition) is 4. The topological polar surface area (TPSA) is 56.5 Å². The van der Waals surface area contributed by atoms with Crippen LogP contribution in [-0.2, 0) is 14.3 Å². The zero-order valence-electron chi connectivity index (χ0n) is 12.9. The Balaban J connectivity index is 1.98. The molecule has 23 heavy (non-hydrogen) atoms. The monoisotopic (exact) mass is 310 g/mol. The number of carbonyl (C=O) groups is 2. The Morgan fingerprint density at radius 3 is 2.65 bits per heavy atom.